The highest BCUT2D eigenvalue weighted by molar-refractivity contribution is 7.21. The van der Waals surface area contributed by atoms with Gasteiger partial charge in [-0.15, -0.1) is 0 Å². The van der Waals surface area contributed by atoms with Gasteiger partial charge in [-0.3, -0.25) is 9.78 Å². The van der Waals surface area contributed by atoms with Crippen molar-refractivity contribution in [1.29, 1.82) is 0 Å². The van der Waals surface area contributed by atoms with Crippen molar-refractivity contribution >= 4 is 32.7 Å². The van der Waals surface area contributed by atoms with Gasteiger partial charge in [-0.05, 0) is 31.4 Å². The zero-order chi connectivity index (χ0) is 17.2. The van der Waals surface area contributed by atoms with E-state index in [2.05, 4.69) is 30.2 Å². The first kappa shape index (κ1) is 15.9. The van der Waals surface area contributed by atoms with Crippen LogP contribution in [-0.2, 0) is 0 Å². The lowest BCUT2D eigenvalue weighted by atomic mass is 10.1. The summed E-state index contributed by atoms with van der Waals surface area (Å²) in [6, 6.07) is 3.84. The molecule has 0 radical (unpaired) electrons. The van der Waals surface area contributed by atoms with Crippen LogP contribution in [0.5, 0.6) is 0 Å². The van der Waals surface area contributed by atoms with E-state index < -0.39 is 0 Å². The van der Waals surface area contributed by atoms with Gasteiger partial charge in [-0.2, -0.15) is 0 Å². The second kappa shape index (κ2) is 6.72. The standard InChI is InChI=1S/C17H18N6OS/c1-11-2-3-13(19-8-11)15(24)21-12-4-6-23(7-5-12)17-22-14-9-18-10-20-16(14)25-17/h2-3,8-10,12H,4-7H2,1H3,(H,21,24). The van der Waals surface area contributed by atoms with E-state index in [4.69, 9.17) is 0 Å². The van der Waals surface area contributed by atoms with Crippen molar-refractivity contribution in [2.45, 2.75) is 25.8 Å². The normalized spacial score (nSPS) is 15.5. The van der Waals surface area contributed by atoms with Crippen LogP contribution in [0.2, 0.25) is 0 Å². The van der Waals surface area contributed by atoms with Crippen LogP contribution in [0.1, 0.15) is 28.9 Å². The molecular formula is C17H18N6OS. The number of piperidine rings is 1. The molecule has 1 fully saturated rings. The maximum atomic E-state index is 12.3. The molecular weight excluding hydrogens is 336 g/mol. The number of aryl methyl sites for hydroxylation is 1. The lowest BCUT2D eigenvalue weighted by Gasteiger charge is -2.32. The number of nitrogens with one attached hydrogen (secondary N) is 1. The summed E-state index contributed by atoms with van der Waals surface area (Å²) in [4.78, 5) is 32.5. The van der Waals surface area contributed by atoms with E-state index >= 15 is 0 Å². The molecule has 1 amide bonds. The largest absolute Gasteiger partial charge is 0.348 e. The molecule has 0 bridgehead atoms. The molecule has 3 aromatic heterocycles. The Morgan fingerprint density at radius 1 is 1.24 bits per heavy atom. The summed E-state index contributed by atoms with van der Waals surface area (Å²) in [6.45, 7) is 3.68. The van der Waals surface area contributed by atoms with Crippen LogP contribution >= 0.6 is 11.3 Å². The lowest BCUT2D eigenvalue weighted by Crippen LogP contribution is -2.44. The van der Waals surface area contributed by atoms with Crippen LogP contribution in [0.3, 0.4) is 0 Å². The molecule has 4 rings (SSSR count). The van der Waals surface area contributed by atoms with Gasteiger partial charge in [-0.1, -0.05) is 17.4 Å². The molecule has 7 nitrogen and oxygen atoms in total. The number of aromatic nitrogens is 4. The minimum Gasteiger partial charge on any atom is -0.348 e. The van der Waals surface area contributed by atoms with Gasteiger partial charge in [-0.25, -0.2) is 15.0 Å². The fourth-order valence-corrected chi connectivity index (χ4v) is 3.82. The summed E-state index contributed by atoms with van der Waals surface area (Å²) in [6.07, 6.45) is 6.78. The minimum atomic E-state index is -0.103. The topological polar surface area (TPSA) is 83.9 Å². The molecule has 0 unspecified atom stereocenters. The van der Waals surface area contributed by atoms with Crippen molar-refractivity contribution in [1.82, 2.24) is 25.3 Å². The van der Waals surface area contributed by atoms with Gasteiger partial charge in [0.25, 0.3) is 5.91 Å². The number of amides is 1. The molecule has 128 valence electrons. The third-order valence-corrected chi connectivity index (χ3v) is 5.35. The van der Waals surface area contributed by atoms with E-state index in [1.165, 1.54) is 0 Å². The predicted molar refractivity (Wildman–Crippen MR) is 96.9 cm³/mol. The fourth-order valence-electron chi connectivity index (χ4n) is 2.89. The number of pyridine rings is 1. The quantitative estimate of drug-likeness (QED) is 0.776. The molecule has 0 aromatic carbocycles. The molecule has 8 heteroatoms. The molecule has 3 aromatic rings. The molecule has 0 aliphatic carbocycles. The van der Waals surface area contributed by atoms with Crippen molar-refractivity contribution in [2.75, 3.05) is 18.0 Å². The average Bonchev–Trinajstić information content (AvgIpc) is 3.07. The van der Waals surface area contributed by atoms with Gasteiger partial charge in [0.1, 0.15) is 22.4 Å². The Labute approximate surface area is 149 Å². The number of fused-ring (bicyclic) bond motifs is 1. The first-order chi connectivity index (χ1) is 12.2. The smallest absolute Gasteiger partial charge is 0.270 e. The van der Waals surface area contributed by atoms with Crippen LogP contribution in [0.25, 0.3) is 10.3 Å². The van der Waals surface area contributed by atoms with Gasteiger partial charge >= 0.3 is 0 Å². The molecule has 4 heterocycles. The first-order valence-electron chi connectivity index (χ1n) is 8.24. The molecule has 0 saturated carbocycles. The Kier molecular flexibility index (Phi) is 4.27. The van der Waals surface area contributed by atoms with Crippen molar-refractivity contribution < 1.29 is 4.79 Å². The van der Waals surface area contributed by atoms with Crippen molar-refractivity contribution in [3.63, 3.8) is 0 Å². The summed E-state index contributed by atoms with van der Waals surface area (Å²) < 4.78 is 0. The second-order valence-corrected chi connectivity index (χ2v) is 7.12. The van der Waals surface area contributed by atoms with E-state index in [1.54, 1.807) is 36.1 Å². The second-order valence-electron chi connectivity index (χ2n) is 6.17. The summed E-state index contributed by atoms with van der Waals surface area (Å²) in [7, 11) is 0. The summed E-state index contributed by atoms with van der Waals surface area (Å²) in [5.41, 5.74) is 2.35. The molecule has 1 N–H and O–H groups in total. The number of rotatable bonds is 3. The number of hydrogen-bond acceptors (Lipinski definition) is 7. The molecule has 1 saturated heterocycles. The van der Waals surface area contributed by atoms with Crippen molar-refractivity contribution in [3.05, 3.63) is 42.1 Å². The molecule has 1 aliphatic heterocycles. The van der Waals surface area contributed by atoms with Gasteiger partial charge in [0, 0.05) is 25.3 Å². The maximum Gasteiger partial charge on any atom is 0.270 e. The summed E-state index contributed by atoms with van der Waals surface area (Å²) >= 11 is 1.58. The number of thiazole rings is 1. The van der Waals surface area contributed by atoms with Gasteiger partial charge in [0.2, 0.25) is 0 Å². The molecule has 1 aliphatic rings. The highest BCUT2D eigenvalue weighted by Crippen LogP contribution is 2.28. The highest BCUT2D eigenvalue weighted by atomic mass is 32.1. The van der Waals surface area contributed by atoms with E-state index in [0.717, 1.165) is 47.0 Å². The van der Waals surface area contributed by atoms with E-state index in [0.29, 0.717) is 5.69 Å². The van der Waals surface area contributed by atoms with Crippen LogP contribution in [-0.4, -0.2) is 45.0 Å². The van der Waals surface area contributed by atoms with Gasteiger partial charge < -0.3 is 10.2 Å². The zero-order valence-electron chi connectivity index (χ0n) is 13.8. The van der Waals surface area contributed by atoms with Gasteiger partial charge in [0.15, 0.2) is 5.13 Å². The number of carbonyl (C=O) groups excluding carboxylic acids is 1. The molecule has 25 heavy (non-hydrogen) atoms. The van der Waals surface area contributed by atoms with Crippen molar-refractivity contribution in [3.8, 4) is 0 Å². The minimum absolute atomic E-state index is 0.103. The van der Waals surface area contributed by atoms with Crippen LogP contribution in [0.15, 0.2) is 30.9 Å². The maximum absolute atomic E-state index is 12.3. The fraction of sp³-hybridized carbons (Fsp3) is 0.353. The van der Waals surface area contributed by atoms with E-state index in [-0.39, 0.29) is 11.9 Å². The SMILES string of the molecule is Cc1ccc(C(=O)NC2CCN(c3nc4cncnc4s3)CC2)nc1. The Bertz CT molecular complexity index is 853. The van der Waals surface area contributed by atoms with Crippen LogP contribution < -0.4 is 10.2 Å². The number of anilines is 1. The predicted octanol–water partition coefficient (Wildman–Crippen LogP) is 2.19. The molecule has 0 atom stereocenters. The van der Waals surface area contributed by atoms with Crippen LogP contribution in [0, 0.1) is 6.92 Å². The van der Waals surface area contributed by atoms with E-state index in [1.807, 2.05) is 13.0 Å². The molecule has 0 spiro atoms. The van der Waals surface area contributed by atoms with E-state index in [9.17, 15) is 4.79 Å². The first-order valence-corrected chi connectivity index (χ1v) is 9.06. The monoisotopic (exact) mass is 354 g/mol. The summed E-state index contributed by atoms with van der Waals surface area (Å²) in [5, 5.41) is 4.06. The Morgan fingerprint density at radius 2 is 2.08 bits per heavy atom. The Morgan fingerprint density at radius 3 is 2.80 bits per heavy atom. The Hall–Kier alpha value is -2.61. The lowest BCUT2D eigenvalue weighted by molar-refractivity contribution is 0.0926. The number of hydrogen-bond donors (Lipinski definition) is 1. The average molecular weight is 354 g/mol. The third kappa shape index (κ3) is 3.43. The number of nitrogens with zero attached hydrogens (tertiary/aromatic N) is 5. The van der Waals surface area contributed by atoms with Crippen LogP contribution in [0.4, 0.5) is 5.13 Å². The number of carbonyl (C=O) groups is 1. The highest BCUT2D eigenvalue weighted by Gasteiger charge is 2.23. The van der Waals surface area contributed by atoms with Crippen molar-refractivity contribution in [2.24, 2.45) is 0 Å². The Balaban J connectivity index is 1.36. The summed E-state index contributed by atoms with van der Waals surface area (Å²) in [5.74, 6) is -0.103. The third-order valence-electron chi connectivity index (χ3n) is 4.31. The van der Waals surface area contributed by atoms with Gasteiger partial charge in [0.05, 0.1) is 6.20 Å². The zero-order valence-corrected chi connectivity index (χ0v) is 14.7.